The van der Waals surface area contributed by atoms with Crippen LogP contribution in [-0.4, -0.2) is 27.8 Å². The predicted molar refractivity (Wildman–Crippen MR) is 54.6 cm³/mol. The van der Waals surface area contributed by atoms with E-state index in [1.807, 2.05) is 6.92 Å². The van der Waals surface area contributed by atoms with Crippen LogP contribution < -0.4 is 0 Å². The van der Waals surface area contributed by atoms with Gasteiger partial charge in [-0.3, -0.25) is 5.10 Å². The highest BCUT2D eigenvalue weighted by molar-refractivity contribution is 5.95. The minimum atomic E-state index is -0.342. The fraction of sp³-hybridized carbons (Fsp3) is 0.300. The molecule has 0 saturated carbocycles. The molecule has 2 aromatic heterocycles. The smallest absolute Gasteiger partial charge is 0.339 e. The number of carbonyl (C=O) groups is 1. The zero-order valence-corrected chi connectivity index (χ0v) is 8.57. The van der Waals surface area contributed by atoms with Gasteiger partial charge in [0.2, 0.25) is 0 Å². The SMILES string of the molecule is CCOC(=O)c1cnc2[nH]ncc2c1C. The molecule has 15 heavy (non-hydrogen) atoms. The van der Waals surface area contributed by atoms with Gasteiger partial charge in [0.25, 0.3) is 0 Å². The van der Waals surface area contributed by atoms with Crippen molar-refractivity contribution < 1.29 is 9.53 Å². The van der Waals surface area contributed by atoms with Gasteiger partial charge in [-0.05, 0) is 19.4 Å². The lowest BCUT2D eigenvalue weighted by atomic mass is 10.1. The zero-order valence-electron chi connectivity index (χ0n) is 8.57. The first kappa shape index (κ1) is 9.64. The molecule has 0 saturated heterocycles. The van der Waals surface area contributed by atoms with Gasteiger partial charge >= 0.3 is 5.97 Å². The number of H-pyrrole nitrogens is 1. The van der Waals surface area contributed by atoms with Gasteiger partial charge in [-0.15, -0.1) is 0 Å². The van der Waals surface area contributed by atoms with Crippen molar-refractivity contribution in [3.05, 3.63) is 23.5 Å². The Morgan fingerprint density at radius 3 is 3.07 bits per heavy atom. The summed E-state index contributed by atoms with van der Waals surface area (Å²) < 4.78 is 4.92. The predicted octanol–water partition coefficient (Wildman–Crippen LogP) is 1.44. The lowest BCUT2D eigenvalue weighted by molar-refractivity contribution is 0.0525. The number of esters is 1. The number of nitrogens with one attached hydrogen (secondary N) is 1. The van der Waals surface area contributed by atoms with Crippen LogP contribution >= 0.6 is 0 Å². The summed E-state index contributed by atoms with van der Waals surface area (Å²) in [5.41, 5.74) is 2.01. The van der Waals surface area contributed by atoms with Crippen molar-refractivity contribution in [2.75, 3.05) is 6.61 Å². The van der Waals surface area contributed by atoms with Gasteiger partial charge in [-0.2, -0.15) is 5.10 Å². The van der Waals surface area contributed by atoms with Crippen LogP contribution in [0, 0.1) is 6.92 Å². The van der Waals surface area contributed by atoms with E-state index in [4.69, 9.17) is 4.74 Å². The number of carbonyl (C=O) groups excluding carboxylic acids is 1. The molecule has 0 bridgehead atoms. The minimum absolute atomic E-state index is 0.342. The number of pyridine rings is 1. The van der Waals surface area contributed by atoms with E-state index in [0.29, 0.717) is 17.8 Å². The number of aromatic amines is 1. The first-order valence-electron chi connectivity index (χ1n) is 4.69. The Bertz CT molecular complexity index is 504. The molecule has 0 aliphatic rings. The molecule has 0 aromatic carbocycles. The maximum absolute atomic E-state index is 11.5. The second kappa shape index (κ2) is 3.68. The lowest BCUT2D eigenvalue weighted by Gasteiger charge is -2.04. The third-order valence-electron chi connectivity index (χ3n) is 2.25. The molecular weight excluding hydrogens is 194 g/mol. The maximum atomic E-state index is 11.5. The molecule has 0 radical (unpaired) electrons. The zero-order chi connectivity index (χ0) is 10.8. The molecule has 0 aliphatic carbocycles. The van der Waals surface area contributed by atoms with Crippen molar-refractivity contribution in [1.29, 1.82) is 0 Å². The summed E-state index contributed by atoms with van der Waals surface area (Å²) >= 11 is 0. The normalized spacial score (nSPS) is 10.5. The molecule has 0 fully saturated rings. The van der Waals surface area contributed by atoms with Gasteiger partial charge in [-0.25, -0.2) is 9.78 Å². The van der Waals surface area contributed by atoms with Crippen molar-refractivity contribution in [3.63, 3.8) is 0 Å². The molecule has 0 atom stereocenters. The van der Waals surface area contributed by atoms with E-state index >= 15 is 0 Å². The summed E-state index contributed by atoms with van der Waals surface area (Å²) in [6.07, 6.45) is 3.16. The van der Waals surface area contributed by atoms with E-state index in [9.17, 15) is 4.79 Å². The van der Waals surface area contributed by atoms with Crippen LogP contribution in [0.4, 0.5) is 0 Å². The molecule has 0 aliphatic heterocycles. The summed E-state index contributed by atoms with van der Waals surface area (Å²) in [6.45, 7) is 3.99. The fourth-order valence-corrected chi connectivity index (χ4v) is 1.44. The second-order valence-corrected chi connectivity index (χ2v) is 3.15. The number of aromatic nitrogens is 3. The molecular formula is C10H11N3O2. The average molecular weight is 205 g/mol. The standard InChI is InChI=1S/C10H11N3O2/c1-3-15-10(14)8-4-11-9-7(6(8)2)5-12-13-9/h4-5H,3H2,1-2H3,(H,11,12,13). The molecule has 0 unspecified atom stereocenters. The number of fused-ring (bicyclic) bond motifs is 1. The second-order valence-electron chi connectivity index (χ2n) is 3.15. The van der Waals surface area contributed by atoms with Crippen LogP contribution in [0.5, 0.6) is 0 Å². The largest absolute Gasteiger partial charge is 0.462 e. The van der Waals surface area contributed by atoms with Crippen molar-refractivity contribution in [2.24, 2.45) is 0 Å². The molecule has 2 heterocycles. The van der Waals surface area contributed by atoms with Gasteiger partial charge in [0, 0.05) is 11.6 Å². The molecule has 0 spiro atoms. The average Bonchev–Trinajstić information content (AvgIpc) is 2.67. The van der Waals surface area contributed by atoms with E-state index in [1.165, 1.54) is 6.20 Å². The Morgan fingerprint density at radius 2 is 2.33 bits per heavy atom. The van der Waals surface area contributed by atoms with Crippen LogP contribution in [0.1, 0.15) is 22.8 Å². The Hall–Kier alpha value is -1.91. The van der Waals surface area contributed by atoms with Crippen LogP contribution in [0.3, 0.4) is 0 Å². The quantitative estimate of drug-likeness (QED) is 0.753. The van der Waals surface area contributed by atoms with Crippen molar-refractivity contribution >= 4 is 17.0 Å². The Labute approximate surface area is 86.5 Å². The van der Waals surface area contributed by atoms with Crippen molar-refractivity contribution in [1.82, 2.24) is 15.2 Å². The number of ether oxygens (including phenoxy) is 1. The highest BCUT2D eigenvalue weighted by Crippen LogP contribution is 2.17. The van der Waals surface area contributed by atoms with Gasteiger partial charge in [0.1, 0.15) is 0 Å². The summed E-state index contributed by atoms with van der Waals surface area (Å²) in [6, 6.07) is 0. The van der Waals surface area contributed by atoms with E-state index < -0.39 is 0 Å². The number of nitrogens with zero attached hydrogens (tertiary/aromatic N) is 2. The Balaban J connectivity index is 2.52. The summed E-state index contributed by atoms with van der Waals surface area (Å²) in [4.78, 5) is 15.6. The van der Waals surface area contributed by atoms with E-state index in [-0.39, 0.29) is 5.97 Å². The summed E-state index contributed by atoms with van der Waals surface area (Å²) in [7, 11) is 0. The molecule has 2 aromatic rings. The van der Waals surface area contributed by atoms with Crippen LogP contribution in [-0.2, 0) is 4.74 Å². The number of rotatable bonds is 2. The topological polar surface area (TPSA) is 67.9 Å². The number of hydrogen-bond acceptors (Lipinski definition) is 4. The molecule has 78 valence electrons. The first-order valence-corrected chi connectivity index (χ1v) is 4.69. The van der Waals surface area contributed by atoms with E-state index in [2.05, 4.69) is 15.2 Å². The van der Waals surface area contributed by atoms with Crippen molar-refractivity contribution in [3.8, 4) is 0 Å². The van der Waals surface area contributed by atoms with Gasteiger partial charge in [0.15, 0.2) is 5.65 Å². The molecule has 5 heteroatoms. The van der Waals surface area contributed by atoms with Gasteiger partial charge in [0.05, 0.1) is 18.4 Å². The molecule has 2 rings (SSSR count). The first-order chi connectivity index (χ1) is 7.24. The monoisotopic (exact) mass is 205 g/mol. The van der Waals surface area contributed by atoms with Gasteiger partial charge < -0.3 is 4.74 Å². The molecule has 1 N–H and O–H groups in total. The lowest BCUT2D eigenvalue weighted by Crippen LogP contribution is -2.07. The number of hydrogen-bond donors (Lipinski definition) is 1. The van der Waals surface area contributed by atoms with Crippen LogP contribution in [0.25, 0.3) is 11.0 Å². The van der Waals surface area contributed by atoms with Crippen LogP contribution in [0.2, 0.25) is 0 Å². The van der Waals surface area contributed by atoms with E-state index in [0.717, 1.165) is 10.9 Å². The molecule has 0 amide bonds. The minimum Gasteiger partial charge on any atom is -0.462 e. The number of aryl methyl sites for hydroxylation is 1. The third-order valence-corrected chi connectivity index (χ3v) is 2.25. The van der Waals surface area contributed by atoms with Gasteiger partial charge in [-0.1, -0.05) is 0 Å². The Morgan fingerprint density at radius 1 is 1.53 bits per heavy atom. The fourth-order valence-electron chi connectivity index (χ4n) is 1.44. The summed E-state index contributed by atoms with van der Waals surface area (Å²) in [5, 5.41) is 7.46. The highest BCUT2D eigenvalue weighted by atomic mass is 16.5. The molecule has 5 nitrogen and oxygen atoms in total. The maximum Gasteiger partial charge on any atom is 0.339 e. The third kappa shape index (κ3) is 1.56. The van der Waals surface area contributed by atoms with Crippen LogP contribution in [0.15, 0.2) is 12.4 Å². The van der Waals surface area contributed by atoms with E-state index in [1.54, 1.807) is 13.1 Å². The summed E-state index contributed by atoms with van der Waals surface area (Å²) in [5.74, 6) is -0.342. The Kier molecular flexibility index (Phi) is 2.37. The van der Waals surface area contributed by atoms with Crippen molar-refractivity contribution in [2.45, 2.75) is 13.8 Å². The highest BCUT2D eigenvalue weighted by Gasteiger charge is 2.13.